The summed E-state index contributed by atoms with van der Waals surface area (Å²) in [5.74, 6) is -0.266. The van der Waals surface area contributed by atoms with Crippen LogP contribution in [-0.4, -0.2) is 34.5 Å². The SMILES string of the molecule is N#Cc1cnn(-c2nc(-n3ncc(C#N)c3N)[nH]c(=O)n2)c1N. The van der Waals surface area contributed by atoms with Gasteiger partial charge in [-0.25, -0.2) is 4.79 Å². The number of nitrogens with two attached hydrogens (primary N) is 2. The number of anilines is 2. The average Bonchev–Trinajstić information content (AvgIpc) is 3.09. The fraction of sp³-hybridized carbons (Fsp3) is 0. The first-order valence-corrected chi connectivity index (χ1v) is 6.01. The molecule has 3 rings (SSSR count). The molecule has 12 heteroatoms. The van der Waals surface area contributed by atoms with E-state index >= 15 is 0 Å². The molecule has 112 valence electrons. The summed E-state index contributed by atoms with van der Waals surface area (Å²) in [5.41, 5.74) is 11.0. The van der Waals surface area contributed by atoms with Gasteiger partial charge in [0.05, 0.1) is 12.4 Å². The molecule has 3 aromatic heterocycles. The van der Waals surface area contributed by atoms with E-state index < -0.39 is 5.69 Å². The molecule has 0 fully saturated rings. The van der Waals surface area contributed by atoms with Crippen molar-refractivity contribution in [2.24, 2.45) is 0 Å². The Morgan fingerprint density at radius 1 is 1.00 bits per heavy atom. The molecule has 3 heterocycles. The molecule has 0 aromatic carbocycles. The zero-order valence-corrected chi connectivity index (χ0v) is 11.3. The Labute approximate surface area is 127 Å². The van der Waals surface area contributed by atoms with Crippen LogP contribution in [0.4, 0.5) is 11.6 Å². The van der Waals surface area contributed by atoms with Gasteiger partial charge >= 0.3 is 5.69 Å². The van der Waals surface area contributed by atoms with Gasteiger partial charge in [0.25, 0.3) is 5.95 Å². The fourth-order valence-electron chi connectivity index (χ4n) is 1.77. The average molecular weight is 309 g/mol. The maximum atomic E-state index is 11.7. The molecule has 0 atom stereocenters. The van der Waals surface area contributed by atoms with Crippen LogP contribution in [-0.2, 0) is 0 Å². The molecule has 0 aliphatic heterocycles. The smallest absolute Gasteiger partial charge is 0.351 e. The number of nitrogen functional groups attached to an aromatic ring is 2. The van der Waals surface area contributed by atoms with Crippen LogP contribution >= 0.6 is 0 Å². The summed E-state index contributed by atoms with van der Waals surface area (Å²) < 4.78 is 2.10. The van der Waals surface area contributed by atoms with Crippen LogP contribution in [0.3, 0.4) is 0 Å². The Kier molecular flexibility index (Phi) is 2.98. The predicted octanol–water partition coefficient (Wildman–Crippen LogP) is -1.56. The zero-order valence-electron chi connectivity index (χ0n) is 11.3. The highest BCUT2D eigenvalue weighted by Gasteiger charge is 2.16. The topological polar surface area (TPSA) is 194 Å². The second-order valence-electron chi connectivity index (χ2n) is 4.21. The summed E-state index contributed by atoms with van der Waals surface area (Å²) in [6.07, 6.45) is 2.45. The van der Waals surface area contributed by atoms with Gasteiger partial charge < -0.3 is 11.5 Å². The fourth-order valence-corrected chi connectivity index (χ4v) is 1.77. The summed E-state index contributed by atoms with van der Waals surface area (Å²) in [7, 11) is 0. The van der Waals surface area contributed by atoms with Crippen LogP contribution in [0, 0.1) is 22.7 Å². The lowest BCUT2D eigenvalue weighted by atomic mass is 10.4. The summed E-state index contributed by atoms with van der Waals surface area (Å²) in [4.78, 5) is 21.8. The van der Waals surface area contributed by atoms with Gasteiger partial charge in [-0.3, -0.25) is 4.98 Å². The van der Waals surface area contributed by atoms with Crippen LogP contribution in [0.15, 0.2) is 17.2 Å². The number of aromatic amines is 1. The van der Waals surface area contributed by atoms with Crippen molar-refractivity contribution in [2.75, 3.05) is 11.5 Å². The maximum Gasteiger partial charge on any atom is 0.351 e. The van der Waals surface area contributed by atoms with Crippen molar-refractivity contribution in [3.63, 3.8) is 0 Å². The minimum absolute atomic E-state index is 0.000971. The predicted molar refractivity (Wildman–Crippen MR) is 75.2 cm³/mol. The van der Waals surface area contributed by atoms with E-state index in [0.717, 1.165) is 9.36 Å². The first-order valence-electron chi connectivity index (χ1n) is 6.01. The quantitative estimate of drug-likeness (QED) is 0.501. The highest BCUT2D eigenvalue weighted by molar-refractivity contribution is 5.51. The molecule has 12 nitrogen and oxygen atoms in total. The first kappa shape index (κ1) is 13.8. The van der Waals surface area contributed by atoms with Crippen LogP contribution < -0.4 is 17.2 Å². The number of nitrogens with zero attached hydrogens (tertiary/aromatic N) is 8. The van der Waals surface area contributed by atoms with Gasteiger partial charge in [-0.1, -0.05) is 0 Å². The Morgan fingerprint density at radius 3 is 2.13 bits per heavy atom. The lowest BCUT2D eigenvalue weighted by Crippen LogP contribution is -2.22. The van der Waals surface area contributed by atoms with Crippen molar-refractivity contribution >= 4 is 11.6 Å². The lowest BCUT2D eigenvalue weighted by molar-refractivity contribution is 0.739. The summed E-state index contributed by atoms with van der Waals surface area (Å²) in [6, 6.07) is 3.69. The molecular weight excluding hydrogens is 302 g/mol. The molecule has 0 saturated carbocycles. The Balaban J connectivity index is 2.19. The minimum atomic E-state index is -0.758. The van der Waals surface area contributed by atoms with Crippen molar-refractivity contribution in [1.82, 2.24) is 34.5 Å². The number of nitrogens with one attached hydrogen (secondary N) is 1. The van der Waals surface area contributed by atoms with Crippen molar-refractivity contribution in [2.45, 2.75) is 0 Å². The third kappa shape index (κ3) is 2.12. The van der Waals surface area contributed by atoms with E-state index in [4.69, 9.17) is 22.0 Å². The van der Waals surface area contributed by atoms with Gasteiger partial charge in [-0.05, 0) is 0 Å². The standard InChI is InChI=1S/C11H7N11O/c12-1-5-3-16-21(7(5)14)9-18-10(20-11(23)19-9)22-8(15)6(2-13)4-17-22/h3-4H,14-15H2,(H,18,19,20,23). The molecule has 0 radical (unpaired) electrons. The monoisotopic (exact) mass is 309 g/mol. The Morgan fingerprint density at radius 2 is 1.57 bits per heavy atom. The van der Waals surface area contributed by atoms with Crippen LogP contribution in [0.2, 0.25) is 0 Å². The van der Waals surface area contributed by atoms with Gasteiger partial charge in [0, 0.05) is 0 Å². The molecular formula is C11H7N11O. The van der Waals surface area contributed by atoms with Crippen LogP contribution in [0.25, 0.3) is 11.9 Å². The molecule has 0 bridgehead atoms. The molecule has 3 aromatic rings. The maximum absolute atomic E-state index is 11.7. The highest BCUT2D eigenvalue weighted by Crippen LogP contribution is 2.15. The van der Waals surface area contributed by atoms with E-state index in [1.807, 2.05) is 12.1 Å². The van der Waals surface area contributed by atoms with Crippen LogP contribution in [0.5, 0.6) is 0 Å². The van der Waals surface area contributed by atoms with Crippen molar-refractivity contribution < 1.29 is 0 Å². The second-order valence-corrected chi connectivity index (χ2v) is 4.21. The van der Waals surface area contributed by atoms with Gasteiger partial charge in [-0.15, -0.1) is 0 Å². The molecule has 5 N–H and O–H groups in total. The largest absolute Gasteiger partial charge is 0.382 e. The van der Waals surface area contributed by atoms with E-state index in [-0.39, 0.29) is 34.7 Å². The summed E-state index contributed by atoms with van der Waals surface area (Å²) in [6.45, 7) is 0. The van der Waals surface area contributed by atoms with E-state index in [9.17, 15) is 4.79 Å². The molecule has 0 amide bonds. The van der Waals surface area contributed by atoms with Gasteiger partial charge in [0.15, 0.2) is 0 Å². The summed E-state index contributed by atoms with van der Waals surface area (Å²) >= 11 is 0. The third-order valence-electron chi connectivity index (χ3n) is 2.87. The summed E-state index contributed by atoms with van der Waals surface area (Å²) in [5, 5.41) is 25.5. The zero-order chi connectivity index (χ0) is 16.6. The molecule has 23 heavy (non-hydrogen) atoms. The molecule has 0 spiro atoms. The Hall–Kier alpha value is -4.19. The highest BCUT2D eigenvalue weighted by atomic mass is 16.1. The molecule has 0 aliphatic carbocycles. The first-order chi connectivity index (χ1) is 11.0. The number of rotatable bonds is 2. The Bertz CT molecular complexity index is 962. The number of nitriles is 2. The number of H-pyrrole nitrogens is 1. The van der Waals surface area contributed by atoms with E-state index in [2.05, 4.69) is 25.1 Å². The van der Waals surface area contributed by atoms with Gasteiger partial charge in [0.2, 0.25) is 5.95 Å². The van der Waals surface area contributed by atoms with Crippen molar-refractivity contribution in [1.29, 1.82) is 10.5 Å². The third-order valence-corrected chi connectivity index (χ3v) is 2.87. The number of aromatic nitrogens is 7. The van der Waals surface area contributed by atoms with E-state index in [1.165, 1.54) is 12.4 Å². The number of hydrogen-bond acceptors (Lipinski definition) is 9. The van der Waals surface area contributed by atoms with Gasteiger partial charge in [-0.2, -0.15) is 40.1 Å². The lowest BCUT2D eigenvalue weighted by Gasteiger charge is -2.05. The van der Waals surface area contributed by atoms with E-state index in [1.54, 1.807) is 0 Å². The normalized spacial score (nSPS) is 10.2. The second kappa shape index (κ2) is 4.97. The molecule has 0 unspecified atom stereocenters. The van der Waals surface area contributed by atoms with Crippen LogP contribution in [0.1, 0.15) is 11.1 Å². The number of hydrogen-bond donors (Lipinski definition) is 3. The molecule has 0 aliphatic rings. The minimum Gasteiger partial charge on any atom is -0.382 e. The molecule has 0 saturated heterocycles. The van der Waals surface area contributed by atoms with Gasteiger partial charge in [0.1, 0.15) is 34.9 Å². The van der Waals surface area contributed by atoms with Crippen molar-refractivity contribution in [3.05, 3.63) is 34.0 Å². The van der Waals surface area contributed by atoms with E-state index in [0.29, 0.717) is 0 Å². The van der Waals surface area contributed by atoms with Crippen molar-refractivity contribution in [3.8, 4) is 24.0 Å².